The van der Waals surface area contributed by atoms with Crippen molar-refractivity contribution in [3.8, 4) is 0 Å². The fourth-order valence-corrected chi connectivity index (χ4v) is 3.96. The van der Waals surface area contributed by atoms with Crippen LogP contribution in [-0.2, 0) is 16.0 Å². The number of hydrogen-bond donors (Lipinski definition) is 2. The number of rotatable bonds is 7. The predicted molar refractivity (Wildman–Crippen MR) is 110 cm³/mol. The van der Waals surface area contributed by atoms with Crippen molar-refractivity contribution < 1.29 is 9.53 Å². The Balaban J connectivity index is 1.45. The van der Waals surface area contributed by atoms with Gasteiger partial charge in [-0.2, -0.15) is 0 Å². The summed E-state index contributed by atoms with van der Waals surface area (Å²) < 4.78 is 5.94. The van der Waals surface area contributed by atoms with Gasteiger partial charge in [0.15, 0.2) is 0 Å². The number of fused-ring (bicyclic) bond motifs is 1. The molecule has 1 fully saturated rings. The maximum Gasteiger partial charge on any atom is 0.224 e. The van der Waals surface area contributed by atoms with Crippen LogP contribution in [0.15, 0.2) is 12.1 Å². The number of amides is 1. The summed E-state index contributed by atoms with van der Waals surface area (Å²) in [6.45, 7) is 9.89. The molecule has 0 spiro atoms. The lowest BCUT2D eigenvalue weighted by Crippen LogP contribution is -2.34. The summed E-state index contributed by atoms with van der Waals surface area (Å²) in [7, 11) is 2.16. The lowest BCUT2D eigenvalue weighted by atomic mass is 10.0. The number of aromatic amines is 1. The number of nitrogens with one attached hydrogen (secondary N) is 2. The number of H-pyrrole nitrogens is 1. The van der Waals surface area contributed by atoms with E-state index in [-0.39, 0.29) is 5.91 Å². The van der Waals surface area contributed by atoms with Crippen molar-refractivity contribution >= 4 is 16.8 Å². The van der Waals surface area contributed by atoms with Crippen molar-refractivity contribution in [1.29, 1.82) is 0 Å². The van der Waals surface area contributed by atoms with E-state index in [1.165, 1.54) is 16.5 Å². The van der Waals surface area contributed by atoms with E-state index in [0.29, 0.717) is 19.1 Å². The molecule has 0 bridgehead atoms. The smallest absolute Gasteiger partial charge is 0.224 e. The first kappa shape index (κ1) is 19.9. The standard InChI is InChI=1S/C22H33N3O2/c1-15-6-7-16(2)22-21(15)19(17(3)24-22)14-20(26)23-10-5-13-27-18-8-11-25(4)12-9-18/h6-7,18,24H,5,8-14H2,1-4H3,(H,23,26). The van der Waals surface area contributed by atoms with Crippen LogP contribution in [0.2, 0.25) is 0 Å². The largest absolute Gasteiger partial charge is 0.378 e. The minimum Gasteiger partial charge on any atom is -0.378 e. The van der Waals surface area contributed by atoms with Crippen LogP contribution in [0.1, 0.15) is 41.6 Å². The first-order valence-corrected chi connectivity index (χ1v) is 10.1. The molecule has 1 aliphatic heterocycles. The van der Waals surface area contributed by atoms with E-state index in [4.69, 9.17) is 4.74 Å². The van der Waals surface area contributed by atoms with Crippen molar-refractivity contribution in [2.45, 2.75) is 52.6 Å². The topological polar surface area (TPSA) is 57.4 Å². The van der Waals surface area contributed by atoms with Gasteiger partial charge in [-0.3, -0.25) is 4.79 Å². The molecule has 1 aromatic carbocycles. The zero-order valence-electron chi connectivity index (χ0n) is 17.2. The predicted octanol–water partition coefficient (Wildman–Crippen LogP) is 3.25. The monoisotopic (exact) mass is 371 g/mol. The zero-order valence-corrected chi connectivity index (χ0v) is 17.2. The molecule has 0 aliphatic carbocycles. The van der Waals surface area contributed by atoms with Crippen molar-refractivity contribution in [3.63, 3.8) is 0 Å². The lowest BCUT2D eigenvalue weighted by Gasteiger charge is -2.28. The molecule has 1 amide bonds. The number of ether oxygens (including phenoxy) is 1. The van der Waals surface area contributed by atoms with Gasteiger partial charge in [-0.25, -0.2) is 0 Å². The fraction of sp³-hybridized carbons (Fsp3) is 0.591. The number of piperidine rings is 1. The van der Waals surface area contributed by atoms with Crippen LogP contribution < -0.4 is 5.32 Å². The van der Waals surface area contributed by atoms with Gasteiger partial charge in [0, 0.05) is 42.8 Å². The van der Waals surface area contributed by atoms with E-state index in [2.05, 4.69) is 55.2 Å². The molecular weight excluding hydrogens is 338 g/mol. The third-order valence-electron chi connectivity index (χ3n) is 5.69. The highest BCUT2D eigenvalue weighted by Crippen LogP contribution is 2.28. The third-order valence-corrected chi connectivity index (χ3v) is 5.69. The van der Waals surface area contributed by atoms with Gasteiger partial charge >= 0.3 is 0 Å². The van der Waals surface area contributed by atoms with Gasteiger partial charge in [-0.15, -0.1) is 0 Å². The Hall–Kier alpha value is -1.85. The van der Waals surface area contributed by atoms with Crippen LogP contribution in [0.3, 0.4) is 0 Å². The highest BCUT2D eigenvalue weighted by Gasteiger charge is 2.17. The number of carbonyl (C=O) groups excluding carboxylic acids is 1. The van der Waals surface area contributed by atoms with Crippen LogP contribution in [-0.4, -0.2) is 55.2 Å². The van der Waals surface area contributed by atoms with Crippen LogP contribution in [0, 0.1) is 20.8 Å². The second-order valence-electron chi connectivity index (χ2n) is 7.93. The highest BCUT2D eigenvalue weighted by atomic mass is 16.5. The van der Waals surface area contributed by atoms with Crippen LogP contribution in [0.25, 0.3) is 10.9 Å². The molecule has 2 aromatic rings. The summed E-state index contributed by atoms with van der Waals surface area (Å²) in [5.74, 6) is 0.0826. The Kier molecular flexibility index (Phi) is 6.55. The van der Waals surface area contributed by atoms with Crippen molar-refractivity contribution in [2.24, 2.45) is 0 Å². The highest BCUT2D eigenvalue weighted by molar-refractivity contribution is 5.93. The van der Waals surface area contributed by atoms with Crippen LogP contribution >= 0.6 is 0 Å². The summed E-state index contributed by atoms with van der Waals surface area (Å²) in [5, 5.41) is 4.25. The molecule has 27 heavy (non-hydrogen) atoms. The first-order valence-electron chi connectivity index (χ1n) is 10.1. The summed E-state index contributed by atoms with van der Waals surface area (Å²) in [5.41, 5.74) is 5.79. The molecule has 5 nitrogen and oxygen atoms in total. The molecule has 3 rings (SSSR count). The second-order valence-corrected chi connectivity index (χ2v) is 7.93. The number of aromatic nitrogens is 1. The number of benzene rings is 1. The Morgan fingerprint density at radius 1 is 1.22 bits per heavy atom. The summed E-state index contributed by atoms with van der Waals surface area (Å²) in [6.07, 6.45) is 3.90. The van der Waals surface area contributed by atoms with E-state index < -0.39 is 0 Å². The Bertz CT molecular complexity index is 788. The van der Waals surface area contributed by atoms with E-state index in [9.17, 15) is 4.79 Å². The number of hydrogen-bond acceptors (Lipinski definition) is 3. The molecule has 0 radical (unpaired) electrons. The van der Waals surface area contributed by atoms with Crippen LogP contribution in [0.4, 0.5) is 0 Å². The normalized spacial score (nSPS) is 16.1. The number of nitrogens with zero attached hydrogens (tertiary/aromatic N) is 1. The number of aryl methyl sites for hydroxylation is 3. The van der Waals surface area contributed by atoms with Gasteiger partial charge < -0.3 is 19.9 Å². The number of carbonyl (C=O) groups is 1. The summed E-state index contributed by atoms with van der Waals surface area (Å²) in [4.78, 5) is 18.2. The zero-order chi connectivity index (χ0) is 19.4. The third kappa shape index (κ3) is 4.90. The van der Waals surface area contributed by atoms with Gasteiger partial charge in [0.1, 0.15) is 0 Å². The molecule has 0 unspecified atom stereocenters. The molecule has 1 aliphatic rings. The average Bonchev–Trinajstić information content (AvgIpc) is 2.97. The first-order chi connectivity index (χ1) is 13.0. The Morgan fingerprint density at radius 2 is 1.93 bits per heavy atom. The van der Waals surface area contributed by atoms with Gasteiger partial charge in [-0.05, 0) is 63.8 Å². The molecule has 2 N–H and O–H groups in total. The van der Waals surface area contributed by atoms with Crippen LogP contribution in [0.5, 0.6) is 0 Å². The summed E-state index contributed by atoms with van der Waals surface area (Å²) >= 11 is 0. The molecule has 148 valence electrons. The minimum absolute atomic E-state index is 0.0826. The molecule has 2 heterocycles. The van der Waals surface area contributed by atoms with E-state index in [1.807, 2.05) is 0 Å². The van der Waals surface area contributed by atoms with Crippen molar-refractivity contribution in [1.82, 2.24) is 15.2 Å². The molecule has 0 atom stereocenters. The molecule has 1 saturated heterocycles. The van der Waals surface area contributed by atoms with Gasteiger partial charge in [0.2, 0.25) is 5.91 Å². The fourth-order valence-electron chi connectivity index (χ4n) is 3.96. The van der Waals surface area contributed by atoms with E-state index >= 15 is 0 Å². The van der Waals surface area contributed by atoms with Gasteiger partial charge in [-0.1, -0.05) is 12.1 Å². The quantitative estimate of drug-likeness (QED) is 0.735. The molecule has 5 heteroatoms. The Labute approximate surface area is 162 Å². The second kappa shape index (κ2) is 8.89. The summed E-state index contributed by atoms with van der Waals surface area (Å²) in [6, 6.07) is 4.26. The average molecular weight is 372 g/mol. The lowest BCUT2D eigenvalue weighted by molar-refractivity contribution is -0.120. The van der Waals surface area contributed by atoms with Gasteiger partial charge in [0.05, 0.1) is 12.5 Å². The maximum absolute atomic E-state index is 12.4. The molecule has 1 aromatic heterocycles. The molecule has 0 saturated carbocycles. The minimum atomic E-state index is 0.0826. The Morgan fingerprint density at radius 3 is 2.67 bits per heavy atom. The SMILES string of the molecule is Cc1[nH]c2c(C)ccc(C)c2c1CC(=O)NCCCOC1CCN(C)CC1. The van der Waals surface area contributed by atoms with Crippen molar-refractivity contribution in [2.75, 3.05) is 33.3 Å². The maximum atomic E-state index is 12.4. The molecular formula is C22H33N3O2. The van der Waals surface area contributed by atoms with Gasteiger partial charge in [0.25, 0.3) is 0 Å². The van der Waals surface area contributed by atoms with E-state index in [1.54, 1.807) is 0 Å². The number of likely N-dealkylation sites (tertiary alicyclic amines) is 1. The van der Waals surface area contributed by atoms with E-state index in [0.717, 1.165) is 55.7 Å². The van der Waals surface area contributed by atoms with Crippen molar-refractivity contribution in [3.05, 3.63) is 34.5 Å².